The molecule has 31 heavy (non-hydrogen) atoms. The summed E-state index contributed by atoms with van der Waals surface area (Å²) in [5.41, 5.74) is 2.48. The second kappa shape index (κ2) is 10.3. The first kappa shape index (κ1) is 21.2. The highest BCUT2D eigenvalue weighted by molar-refractivity contribution is 5.91. The van der Waals surface area contributed by atoms with E-state index in [1.165, 1.54) is 22.4 Å². The van der Waals surface area contributed by atoms with Crippen LogP contribution in [-0.2, 0) is 19.6 Å². The van der Waals surface area contributed by atoms with Crippen LogP contribution in [0.25, 0.3) is 0 Å². The van der Waals surface area contributed by atoms with Crippen LogP contribution >= 0.6 is 0 Å². The van der Waals surface area contributed by atoms with E-state index in [4.69, 9.17) is 9.15 Å². The zero-order valence-electron chi connectivity index (χ0n) is 18.2. The zero-order valence-corrected chi connectivity index (χ0v) is 18.2. The summed E-state index contributed by atoms with van der Waals surface area (Å²) in [4.78, 5) is 16.0. The molecule has 1 amide bonds. The molecule has 1 unspecified atom stereocenters. The molecule has 1 aliphatic rings. The molecule has 0 radical (unpaired) electrons. The van der Waals surface area contributed by atoms with Crippen molar-refractivity contribution < 1.29 is 18.8 Å². The van der Waals surface area contributed by atoms with Gasteiger partial charge in [0.1, 0.15) is 25.4 Å². The summed E-state index contributed by atoms with van der Waals surface area (Å²) in [6, 6.07) is 22.5. The lowest BCUT2D eigenvalue weighted by Gasteiger charge is -2.25. The van der Waals surface area contributed by atoms with Crippen LogP contribution in [0.4, 0.5) is 0 Å². The van der Waals surface area contributed by atoms with Crippen molar-refractivity contribution in [2.75, 3.05) is 20.2 Å². The van der Waals surface area contributed by atoms with E-state index in [-0.39, 0.29) is 5.91 Å². The minimum absolute atomic E-state index is 0.0170. The van der Waals surface area contributed by atoms with Gasteiger partial charge in [-0.05, 0) is 43.5 Å². The van der Waals surface area contributed by atoms with Crippen molar-refractivity contribution >= 4 is 5.91 Å². The number of quaternary nitrogens is 1. The third-order valence-corrected chi connectivity index (χ3v) is 5.83. The number of hydrogen-bond donors (Lipinski definition) is 1. The van der Waals surface area contributed by atoms with E-state index < -0.39 is 0 Å². The summed E-state index contributed by atoms with van der Waals surface area (Å²) in [6.45, 7) is 4.07. The molecule has 2 aromatic carbocycles. The molecule has 4 rings (SSSR count). The Balaban J connectivity index is 1.48. The maximum atomic E-state index is 12.8. The number of carbonyl (C=O) groups is 1. The molecule has 0 saturated carbocycles. The van der Waals surface area contributed by atoms with Crippen molar-refractivity contribution in [3.05, 3.63) is 89.4 Å². The van der Waals surface area contributed by atoms with Gasteiger partial charge in [0.2, 0.25) is 0 Å². The number of benzene rings is 2. The minimum atomic E-state index is 0.0170. The fourth-order valence-corrected chi connectivity index (χ4v) is 4.23. The van der Waals surface area contributed by atoms with Crippen LogP contribution in [0.2, 0.25) is 0 Å². The van der Waals surface area contributed by atoms with Gasteiger partial charge in [0.05, 0.1) is 7.11 Å². The summed E-state index contributed by atoms with van der Waals surface area (Å²) in [5.74, 6) is 2.18. The molecule has 1 N–H and O–H groups in total. The van der Waals surface area contributed by atoms with Gasteiger partial charge < -0.3 is 19.0 Å². The van der Waals surface area contributed by atoms with Crippen LogP contribution in [0.5, 0.6) is 5.75 Å². The first-order valence-corrected chi connectivity index (χ1v) is 11.1. The van der Waals surface area contributed by atoms with Gasteiger partial charge in [-0.3, -0.25) is 4.79 Å². The fraction of sp³-hybridized carbons (Fsp3) is 0.346. The molecule has 162 valence electrons. The normalized spacial score (nSPS) is 14.9. The molecule has 0 spiro atoms. The number of nitrogens with zero attached hydrogens (tertiary/aromatic N) is 1. The predicted molar refractivity (Wildman–Crippen MR) is 120 cm³/mol. The van der Waals surface area contributed by atoms with Gasteiger partial charge in [0, 0.05) is 24.2 Å². The van der Waals surface area contributed by atoms with Crippen LogP contribution in [0, 0.1) is 0 Å². The van der Waals surface area contributed by atoms with Crippen molar-refractivity contribution in [1.82, 2.24) is 4.90 Å². The number of methoxy groups -OCH3 is 1. The van der Waals surface area contributed by atoms with Crippen LogP contribution in [0.3, 0.4) is 0 Å². The fourth-order valence-electron chi connectivity index (χ4n) is 4.23. The summed E-state index contributed by atoms with van der Waals surface area (Å²) in [6.07, 6.45) is 3.36. The van der Waals surface area contributed by atoms with E-state index in [2.05, 4.69) is 36.4 Å². The number of piperidine rings is 1. The Morgan fingerprint density at radius 2 is 1.65 bits per heavy atom. The first-order chi connectivity index (χ1) is 15.2. The van der Waals surface area contributed by atoms with Gasteiger partial charge in [-0.2, -0.15) is 0 Å². The molecule has 2 heterocycles. The second-order valence-electron chi connectivity index (χ2n) is 8.24. The van der Waals surface area contributed by atoms with E-state index in [0.717, 1.165) is 50.5 Å². The van der Waals surface area contributed by atoms with Gasteiger partial charge in [-0.1, -0.05) is 42.5 Å². The Kier molecular flexibility index (Phi) is 7.05. The lowest BCUT2D eigenvalue weighted by Crippen LogP contribution is -3.08. The predicted octanol–water partition coefficient (Wildman–Crippen LogP) is 3.70. The van der Waals surface area contributed by atoms with Crippen molar-refractivity contribution in [3.8, 4) is 5.75 Å². The van der Waals surface area contributed by atoms with E-state index in [1.54, 1.807) is 7.11 Å². The zero-order chi connectivity index (χ0) is 21.5. The number of carbonyl (C=O) groups excluding carboxylic acids is 1. The Morgan fingerprint density at radius 1 is 0.903 bits per heavy atom. The summed E-state index contributed by atoms with van der Waals surface area (Å²) >= 11 is 0. The molecule has 1 fully saturated rings. The molecule has 1 aliphatic heterocycles. The maximum Gasteiger partial charge on any atom is 0.289 e. The van der Waals surface area contributed by atoms with Crippen LogP contribution < -0.4 is 9.64 Å². The molecular formula is C26H31N2O3+. The summed E-state index contributed by atoms with van der Waals surface area (Å²) in [7, 11) is 1.69. The molecule has 1 aromatic heterocycles. The average Bonchev–Trinajstić information content (AvgIpc) is 3.28. The van der Waals surface area contributed by atoms with Gasteiger partial charge in [-0.25, -0.2) is 0 Å². The Morgan fingerprint density at radius 3 is 2.42 bits per heavy atom. The van der Waals surface area contributed by atoms with Crippen molar-refractivity contribution in [3.63, 3.8) is 0 Å². The van der Waals surface area contributed by atoms with Crippen LogP contribution in [0.1, 0.15) is 46.7 Å². The van der Waals surface area contributed by atoms with Gasteiger partial charge in [0.25, 0.3) is 5.91 Å². The largest absolute Gasteiger partial charge is 0.497 e. The Labute approximate surface area is 184 Å². The summed E-state index contributed by atoms with van der Waals surface area (Å²) in [5, 5.41) is 0. The number of rotatable bonds is 8. The lowest BCUT2D eigenvalue weighted by molar-refractivity contribution is -0.942. The third-order valence-electron chi connectivity index (χ3n) is 5.83. The maximum absolute atomic E-state index is 12.8. The Hall–Kier alpha value is -3.05. The SMILES string of the molecule is COc1cccc(C[NH+](Cc2ccccc2)Cc2ccc(C(=O)N3CCCCC3)o2)c1. The van der Waals surface area contributed by atoms with Crippen molar-refractivity contribution in [1.29, 1.82) is 0 Å². The number of ether oxygens (including phenoxy) is 1. The van der Waals surface area contributed by atoms with E-state index in [1.807, 2.05) is 35.2 Å². The first-order valence-electron chi connectivity index (χ1n) is 11.1. The average molecular weight is 420 g/mol. The highest BCUT2D eigenvalue weighted by Crippen LogP contribution is 2.16. The second-order valence-corrected chi connectivity index (χ2v) is 8.24. The number of furan rings is 1. The lowest BCUT2D eigenvalue weighted by atomic mass is 10.1. The molecule has 5 nitrogen and oxygen atoms in total. The molecule has 0 aliphatic carbocycles. The van der Waals surface area contributed by atoms with E-state index in [9.17, 15) is 4.79 Å². The highest BCUT2D eigenvalue weighted by atomic mass is 16.5. The third kappa shape index (κ3) is 5.76. The topological polar surface area (TPSA) is 47.1 Å². The summed E-state index contributed by atoms with van der Waals surface area (Å²) < 4.78 is 11.4. The quantitative estimate of drug-likeness (QED) is 0.606. The van der Waals surface area contributed by atoms with E-state index >= 15 is 0 Å². The van der Waals surface area contributed by atoms with Crippen LogP contribution in [-0.4, -0.2) is 31.0 Å². The molecular weight excluding hydrogens is 388 g/mol. The number of hydrogen-bond acceptors (Lipinski definition) is 3. The smallest absolute Gasteiger partial charge is 0.289 e. The number of amides is 1. The number of nitrogens with one attached hydrogen (secondary N) is 1. The molecule has 0 bridgehead atoms. The standard InChI is InChI=1S/C26H30N2O3/c1-30-23-12-8-11-22(17-23)19-27(18-21-9-4-2-5-10-21)20-24-13-14-25(31-24)26(29)28-15-6-3-7-16-28/h2,4-5,8-14,17H,3,6-7,15-16,18-20H2,1H3/p+1. The van der Waals surface area contributed by atoms with Gasteiger partial charge >= 0.3 is 0 Å². The molecule has 1 atom stereocenters. The van der Waals surface area contributed by atoms with Crippen molar-refractivity contribution in [2.24, 2.45) is 0 Å². The molecule has 3 aromatic rings. The minimum Gasteiger partial charge on any atom is -0.497 e. The number of likely N-dealkylation sites (tertiary alicyclic amines) is 1. The monoisotopic (exact) mass is 419 g/mol. The van der Waals surface area contributed by atoms with Crippen LogP contribution in [0.15, 0.2) is 71.1 Å². The van der Waals surface area contributed by atoms with Gasteiger partial charge in [0.15, 0.2) is 11.5 Å². The Bertz CT molecular complexity index is 977. The molecule has 1 saturated heterocycles. The van der Waals surface area contributed by atoms with Crippen molar-refractivity contribution in [2.45, 2.75) is 38.9 Å². The van der Waals surface area contributed by atoms with Gasteiger partial charge in [-0.15, -0.1) is 0 Å². The highest BCUT2D eigenvalue weighted by Gasteiger charge is 2.22. The van der Waals surface area contributed by atoms with E-state index in [0.29, 0.717) is 12.3 Å². The molecule has 5 heteroatoms.